The molecule has 4 nitrogen and oxygen atoms in total. The first-order valence-electron chi connectivity index (χ1n) is 6.31. The summed E-state index contributed by atoms with van der Waals surface area (Å²) in [5.74, 6) is 0.990. The molecule has 0 spiro atoms. The number of hydrogen-bond donors (Lipinski definition) is 1. The third kappa shape index (κ3) is 1.95. The van der Waals surface area contributed by atoms with E-state index in [0.29, 0.717) is 0 Å². The smallest absolute Gasteiger partial charge is 0.417 e. The molecule has 0 amide bonds. The van der Waals surface area contributed by atoms with Gasteiger partial charge in [-0.15, -0.1) is 0 Å². The lowest BCUT2D eigenvalue weighted by molar-refractivity contribution is 0.0827. The number of ether oxygens (including phenoxy) is 2. The normalized spacial score (nSPS) is 19.7. The van der Waals surface area contributed by atoms with Crippen molar-refractivity contribution in [3.8, 4) is 11.5 Å². The van der Waals surface area contributed by atoms with Gasteiger partial charge >= 0.3 is 6.47 Å². The molecule has 0 saturated heterocycles. The first kappa shape index (κ1) is 13.7. The monoisotopic (exact) mass is 263 g/mol. The lowest BCUT2D eigenvalue weighted by Gasteiger charge is -2.25. The Morgan fingerprint density at radius 2 is 1.89 bits per heavy atom. The molecule has 1 heterocycles. The summed E-state index contributed by atoms with van der Waals surface area (Å²) in [5, 5.41) is 10.2. The van der Waals surface area contributed by atoms with E-state index in [-0.39, 0.29) is 18.3 Å². The fraction of sp³-hybridized carbons (Fsp3) is 0.533. The van der Waals surface area contributed by atoms with Gasteiger partial charge in [0.2, 0.25) is 0 Å². The van der Waals surface area contributed by atoms with E-state index in [1.165, 1.54) is 6.47 Å². The van der Waals surface area contributed by atoms with Crippen LogP contribution in [0.3, 0.4) is 0 Å². The molecule has 1 aliphatic rings. The molecule has 0 aliphatic carbocycles. The minimum absolute atomic E-state index is 0.103. The summed E-state index contributed by atoms with van der Waals surface area (Å²) < 4.78 is 10.8. The van der Waals surface area contributed by atoms with Gasteiger partial charge in [0.05, 0.1) is 5.92 Å². The average Bonchev–Trinajstić information content (AvgIpc) is 2.63. The van der Waals surface area contributed by atoms with E-state index >= 15 is 0 Å². The number of phenols is 1. The van der Waals surface area contributed by atoms with Gasteiger partial charge in [-0.3, -0.25) is 0 Å². The molecule has 4 heteroatoms. The molecule has 1 radical (unpaired) electrons. The number of phenolic OH excluding ortho intramolecular Hbond substituents is 1. The summed E-state index contributed by atoms with van der Waals surface area (Å²) >= 11 is 0. The van der Waals surface area contributed by atoms with Crippen molar-refractivity contribution >= 4 is 6.47 Å². The van der Waals surface area contributed by atoms with Gasteiger partial charge in [-0.05, 0) is 51.3 Å². The minimum Gasteiger partial charge on any atom is -0.507 e. The van der Waals surface area contributed by atoms with Crippen LogP contribution in [0.25, 0.3) is 0 Å². The molecule has 1 aliphatic heterocycles. The van der Waals surface area contributed by atoms with Crippen molar-refractivity contribution in [2.75, 3.05) is 6.61 Å². The number of fused-ring (bicyclic) bond motifs is 1. The number of benzene rings is 1. The van der Waals surface area contributed by atoms with Crippen molar-refractivity contribution in [1.29, 1.82) is 0 Å². The van der Waals surface area contributed by atoms with Gasteiger partial charge < -0.3 is 14.6 Å². The topological polar surface area (TPSA) is 55.8 Å². The summed E-state index contributed by atoms with van der Waals surface area (Å²) in [6.07, 6.45) is 0. The van der Waals surface area contributed by atoms with E-state index in [0.717, 1.165) is 28.0 Å². The van der Waals surface area contributed by atoms with Crippen molar-refractivity contribution in [3.63, 3.8) is 0 Å². The highest BCUT2D eigenvalue weighted by Crippen LogP contribution is 2.51. The molecular formula is C15H19O4. The highest BCUT2D eigenvalue weighted by molar-refractivity contribution is 5.61. The highest BCUT2D eigenvalue weighted by Gasteiger charge is 2.44. The second-order valence-electron chi connectivity index (χ2n) is 5.62. The van der Waals surface area contributed by atoms with Crippen molar-refractivity contribution in [2.24, 2.45) is 0 Å². The molecule has 0 fully saturated rings. The first-order chi connectivity index (χ1) is 8.81. The Morgan fingerprint density at radius 1 is 1.26 bits per heavy atom. The molecule has 2 rings (SSSR count). The maximum atomic E-state index is 10.3. The van der Waals surface area contributed by atoms with Gasteiger partial charge in [0, 0.05) is 5.56 Å². The molecule has 1 aromatic rings. The van der Waals surface area contributed by atoms with Gasteiger partial charge in [0.1, 0.15) is 23.7 Å². The van der Waals surface area contributed by atoms with Gasteiger partial charge in [-0.25, -0.2) is 4.79 Å². The standard InChI is InChI=1S/C15H19O4/c1-8-9(2)14-12(10(3)13(8)17)11(6-18-7-16)15(4,5)19-14/h11,17H,6H2,1-5H3/t11-/m0/s1. The molecule has 19 heavy (non-hydrogen) atoms. The predicted molar refractivity (Wildman–Crippen MR) is 71.4 cm³/mol. The van der Waals surface area contributed by atoms with Crippen LogP contribution in [0.5, 0.6) is 11.5 Å². The molecule has 0 bridgehead atoms. The molecule has 1 N–H and O–H groups in total. The van der Waals surface area contributed by atoms with Crippen LogP contribution in [-0.2, 0) is 9.53 Å². The molecule has 1 atom stereocenters. The summed E-state index contributed by atoms with van der Waals surface area (Å²) in [6.45, 7) is 11.2. The summed E-state index contributed by atoms with van der Waals surface area (Å²) in [4.78, 5) is 10.3. The van der Waals surface area contributed by atoms with E-state index in [9.17, 15) is 9.90 Å². The van der Waals surface area contributed by atoms with E-state index in [2.05, 4.69) is 0 Å². The maximum absolute atomic E-state index is 10.3. The summed E-state index contributed by atoms with van der Waals surface area (Å²) in [7, 11) is 0. The van der Waals surface area contributed by atoms with E-state index in [1.807, 2.05) is 34.6 Å². The van der Waals surface area contributed by atoms with Crippen molar-refractivity contribution in [1.82, 2.24) is 0 Å². The Bertz CT molecular complexity index is 532. The maximum Gasteiger partial charge on any atom is 0.417 e. The second-order valence-corrected chi connectivity index (χ2v) is 5.62. The van der Waals surface area contributed by atoms with Crippen LogP contribution < -0.4 is 4.74 Å². The number of rotatable bonds is 3. The Labute approximate surface area is 113 Å². The zero-order valence-electron chi connectivity index (χ0n) is 12.0. The third-order valence-electron chi connectivity index (χ3n) is 4.12. The minimum atomic E-state index is -0.477. The molecule has 103 valence electrons. The van der Waals surface area contributed by atoms with Gasteiger partial charge in [-0.2, -0.15) is 0 Å². The van der Waals surface area contributed by atoms with Crippen LogP contribution >= 0.6 is 0 Å². The van der Waals surface area contributed by atoms with Gasteiger partial charge in [0.15, 0.2) is 0 Å². The van der Waals surface area contributed by atoms with Crippen LogP contribution in [0, 0.1) is 20.8 Å². The fourth-order valence-corrected chi connectivity index (χ4v) is 2.76. The van der Waals surface area contributed by atoms with E-state index in [4.69, 9.17) is 9.47 Å². The van der Waals surface area contributed by atoms with Crippen LogP contribution in [0.4, 0.5) is 0 Å². The number of carbonyl (C=O) groups excluding carboxylic acids is 1. The van der Waals surface area contributed by atoms with Crippen molar-refractivity contribution in [3.05, 3.63) is 22.3 Å². The Hall–Kier alpha value is -1.71. The average molecular weight is 263 g/mol. The largest absolute Gasteiger partial charge is 0.507 e. The fourth-order valence-electron chi connectivity index (χ4n) is 2.76. The summed E-state index contributed by atoms with van der Waals surface area (Å²) in [5.41, 5.74) is 3.01. The molecule has 0 aromatic heterocycles. The number of hydrogen-bond acceptors (Lipinski definition) is 4. The molecule has 1 aromatic carbocycles. The molecular weight excluding hydrogens is 244 g/mol. The van der Waals surface area contributed by atoms with E-state index < -0.39 is 5.60 Å². The van der Waals surface area contributed by atoms with Gasteiger partial charge in [-0.1, -0.05) is 0 Å². The lowest BCUT2D eigenvalue weighted by Crippen LogP contribution is -2.33. The highest BCUT2D eigenvalue weighted by atomic mass is 16.5. The Morgan fingerprint density at radius 3 is 2.47 bits per heavy atom. The SMILES string of the molecule is Cc1c(C)c2c(c(C)c1O)[C@H](CO[C]=O)C(C)(C)O2. The van der Waals surface area contributed by atoms with Crippen molar-refractivity contribution < 1.29 is 19.4 Å². The van der Waals surface area contributed by atoms with Crippen LogP contribution in [0.1, 0.15) is 42.0 Å². The first-order valence-corrected chi connectivity index (χ1v) is 6.31. The van der Waals surface area contributed by atoms with E-state index in [1.54, 1.807) is 0 Å². The molecule has 0 unspecified atom stereocenters. The van der Waals surface area contributed by atoms with Crippen LogP contribution in [-0.4, -0.2) is 23.8 Å². The summed E-state index contributed by atoms with van der Waals surface area (Å²) in [6, 6.07) is 0. The predicted octanol–water partition coefficient (Wildman–Crippen LogP) is 2.66. The quantitative estimate of drug-likeness (QED) is 0.911. The van der Waals surface area contributed by atoms with Crippen LogP contribution in [0.15, 0.2) is 0 Å². The second kappa shape index (κ2) is 4.44. The zero-order chi connectivity index (χ0) is 14.4. The Balaban J connectivity index is 2.61. The van der Waals surface area contributed by atoms with Gasteiger partial charge in [0.25, 0.3) is 0 Å². The third-order valence-corrected chi connectivity index (χ3v) is 4.12. The Kier molecular flexibility index (Phi) is 3.20. The lowest BCUT2D eigenvalue weighted by atomic mass is 9.83. The van der Waals surface area contributed by atoms with Crippen molar-refractivity contribution in [2.45, 2.75) is 46.1 Å². The number of aromatic hydroxyl groups is 1. The van der Waals surface area contributed by atoms with Crippen LogP contribution in [0.2, 0.25) is 0 Å². The zero-order valence-corrected chi connectivity index (χ0v) is 12.0. The molecule has 0 saturated carbocycles.